The Morgan fingerprint density at radius 3 is 2.57 bits per heavy atom. The van der Waals surface area contributed by atoms with Crippen LogP contribution in [0.4, 0.5) is 4.39 Å². The third kappa shape index (κ3) is 1.48. The maximum Gasteiger partial charge on any atom is 0.137 e. The summed E-state index contributed by atoms with van der Waals surface area (Å²) in [6.07, 6.45) is 3.15. The highest BCUT2D eigenvalue weighted by Gasteiger charge is 2.38. The summed E-state index contributed by atoms with van der Waals surface area (Å²) in [5, 5.41) is 9.34. The normalized spacial score (nSPS) is 19.1. The zero-order chi connectivity index (χ0) is 10.2. The van der Waals surface area contributed by atoms with Crippen LogP contribution in [0.25, 0.3) is 0 Å². The Bertz CT molecular complexity index is 342. The Hall–Kier alpha value is -0.410. The monoisotopic (exact) mass is 258 g/mol. The van der Waals surface area contributed by atoms with E-state index >= 15 is 0 Å². The molecule has 1 aliphatic rings. The molecule has 3 heteroatoms. The highest BCUT2D eigenvalue weighted by molar-refractivity contribution is 9.10. The van der Waals surface area contributed by atoms with Gasteiger partial charge in [0.15, 0.2) is 0 Å². The molecule has 0 aromatic heterocycles. The largest absolute Gasteiger partial charge is 0.395 e. The van der Waals surface area contributed by atoms with Crippen molar-refractivity contribution in [3.05, 3.63) is 34.1 Å². The van der Waals surface area contributed by atoms with E-state index in [0.29, 0.717) is 4.47 Å². The number of hydrogen-bond donors (Lipinski definition) is 1. The molecule has 0 atom stereocenters. The molecule has 2 rings (SSSR count). The fourth-order valence-electron chi connectivity index (χ4n) is 1.97. The van der Waals surface area contributed by atoms with Crippen LogP contribution in [0.3, 0.4) is 0 Å². The molecule has 1 saturated carbocycles. The molecule has 0 amide bonds. The lowest BCUT2D eigenvalue weighted by atomic mass is 9.65. The van der Waals surface area contributed by atoms with E-state index in [4.69, 9.17) is 0 Å². The Morgan fingerprint density at radius 1 is 1.43 bits per heavy atom. The zero-order valence-electron chi connectivity index (χ0n) is 7.76. The van der Waals surface area contributed by atoms with Gasteiger partial charge in [0.1, 0.15) is 5.82 Å². The van der Waals surface area contributed by atoms with E-state index in [9.17, 15) is 9.50 Å². The predicted octanol–water partition coefficient (Wildman–Crippen LogP) is 3.00. The van der Waals surface area contributed by atoms with Gasteiger partial charge in [-0.3, -0.25) is 0 Å². The first-order chi connectivity index (χ1) is 6.68. The summed E-state index contributed by atoms with van der Waals surface area (Å²) in [5.41, 5.74) is 0.940. The summed E-state index contributed by atoms with van der Waals surface area (Å²) in [5.74, 6) is -0.249. The first kappa shape index (κ1) is 10.1. The van der Waals surface area contributed by atoms with Crippen LogP contribution in [0.5, 0.6) is 0 Å². The number of rotatable bonds is 2. The molecule has 0 saturated heterocycles. The van der Waals surface area contributed by atoms with Gasteiger partial charge in [0.25, 0.3) is 0 Å². The SMILES string of the molecule is OCC1(c2ccc(F)c(Br)c2)CCC1. The Kier molecular flexibility index (Phi) is 2.62. The molecule has 0 unspecified atom stereocenters. The molecule has 0 heterocycles. The molecule has 1 N–H and O–H groups in total. The van der Waals surface area contributed by atoms with Gasteiger partial charge in [0.2, 0.25) is 0 Å². The Morgan fingerprint density at radius 2 is 2.14 bits per heavy atom. The van der Waals surface area contributed by atoms with Crippen LogP contribution >= 0.6 is 15.9 Å². The van der Waals surface area contributed by atoms with Crippen LogP contribution in [-0.2, 0) is 5.41 Å². The summed E-state index contributed by atoms with van der Waals surface area (Å²) < 4.78 is 13.5. The van der Waals surface area contributed by atoms with Crippen LogP contribution in [0.2, 0.25) is 0 Å². The van der Waals surface area contributed by atoms with E-state index in [1.54, 1.807) is 12.1 Å². The van der Waals surface area contributed by atoms with Crippen molar-refractivity contribution < 1.29 is 9.50 Å². The molecule has 0 aliphatic heterocycles. The van der Waals surface area contributed by atoms with E-state index in [-0.39, 0.29) is 17.8 Å². The highest BCUT2D eigenvalue weighted by atomic mass is 79.9. The molecular weight excluding hydrogens is 247 g/mol. The zero-order valence-corrected chi connectivity index (χ0v) is 9.35. The highest BCUT2D eigenvalue weighted by Crippen LogP contribution is 2.43. The van der Waals surface area contributed by atoms with Crippen LogP contribution in [0, 0.1) is 5.82 Å². The third-order valence-electron chi connectivity index (χ3n) is 3.15. The first-order valence-electron chi connectivity index (χ1n) is 4.74. The van der Waals surface area contributed by atoms with E-state index in [0.717, 1.165) is 24.8 Å². The lowest BCUT2D eigenvalue weighted by molar-refractivity contribution is 0.120. The molecule has 0 bridgehead atoms. The van der Waals surface area contributed by atoms with Gasteiger partial charge in [-0.25, -0.2) is 4.39 Å². The van der Waals surface area contributed by atoms with E-state index in [1.165, 1.54) is 6.07 Å². The first-order valence-corrected chi connectivity index (χ1v) is 5.54. The van der Waals surface area contributed by atoms with Gasteiger partial charge in [0, 0.05) is 5.41 Å². The molecule has 1 fully saturated rings. The average molecular weight is 259 g/mol. The van der Waals surface area contributed by atoms with Crippen molar-refractivity contribution in [3.63, 3.8) is 0 Å². The van der Waals surface area contributed by atoms with Crippen molar-refractivity contribution in [2.45, 2.75) is 24.7 Å². The third-order valence-corrected chi connectivity index (χ3v) is 3.75. The molecule has 0 spiro atoms. The van der Waals surface area contributed by atoms with Crippen molar-refractivity contribution in [1.82, 2.24) is 0 Å². The summed E-state index contributed by atoms with van der Waals surface area (Å²) in [4.78, 5) is 0. The predicted molar refractivity (Wildman–Crippen MR) is 56.7 cm³/mol. The van der Waals surface area contributed by atoms with Crippen LogP contribution in [-0.4, -0.2) is 11.7 Å². The average Bonchev–Trinajstić information content (AvgIpc) is 2.10. The molecule has 1 nitrogen and oxygen atoms in total. The van der Waals surface area contributed by atoms with E-state index in [1.807, 2.05) is 0 Å². The number of hydrogen-bond acceptors (Lipinski definition) is 1. The molecule has 1 aromatic carbocycles. The minimum absolute atomic E-state index is 0.101. The van der Waals surface area contributed by atoms with Crippen molar-refractivity contribution in [3.8, 4) is 0 Å². The fraction of sp³-hybridized carbons (Fsp3) is 0.455. The van der Waals surface area contributed by atoms with Gasteiger partial charge in [-0.1, -0.05) is 12.5 Å². The maximum atomic E-state index is 13.0. The van der Waals surface area contributed by atoms with Crippen LogP contribution < -0.4 is 0 Å². The summed E-state index contributed by atoms with van der Waals surface area (Å²) >= 11 is 3.16. The van der Waals surface area contributed by atoms with Crippen LogP contribution in [0.1, 0.15) is 24.8 Å². The van der Waals surface area contributed by atoms with Crippen molar-refractivity contribution >= 4 is 15.9 Å². The smallest absolute Gasteiger partial charge is 0.137 e. The quantitative estimate of drug-likeness (QED) is 0.865. The topological polar surface area (TPSA) is 20.2 Å². The number of aliphatic hydroxyl groups excluding tert-OH is 1. The second-order valence-electron chi connectivity index (χ2n) is 3.92. The van der Waals surface area contributed by atoms with Gasteiger partial charge in [0.05, 0.1) is 11.1 Å². The van der Waals surface area contributed by atoms with E-state index in [2.05, 4.69) is 15.9 Å². The molecule has 14 heavy (non-hydrogen) atoms. The molecule has 1 aromatic rings. The number of benzene rings is 1. The fourth-order valence-corrected chi connectivity index (χ4v) is 2.35. The van der Waals surface area contributed by atoms with Crippen molar-refractivity contribution in [2.24, 2.45) is 0 Å². The molecule has 76 valence electrons. The lowest BCUT2D eigenvalue weighted by Crippen LogP contribution is -2.37. The summed E-state index contributed by atoms with van der Waals surface area (Å²) in [7, 11) is 0. The minimum Gasteiger partial charge on any atom is -0.395 e. The van der Waals surface area contributed by atoms with Gasteiger partial charge < -0.3 is 5.11 Å². The molecule has 1 aliphatic carbocycles. The van der Waals surface area contributed by atoms with Crippen molar-refractivity contribution in [1.29, 1.82) is 0 Å². The molecule has 0 radical (unpaired) electrons. The van der Waals surface area contributed by atoms with Gasteiger partial charge in [-0.15, -0.1) is 0 Å². The van der Waals surface area contributed by atoms with E-state index < -0.39 is 0 Å². The van der Waals surface area contributed by atoms with Gasteiger partial charge >= 0.3 is 0 Å². The lowest BCUT2D eigenvalue weighted by Gasteiger charge is -2.41. The second kappa shape index (κ2) is 3.63. The van der Waals surface area contributed by atoms with Gasteiger partial charge in [-0.05, 0) is 46.5 Å². The summed E-state index contributed by atoms with van der Waals surface area (Å²) in [6, 6.07) is 5.01. The van der Waals surface area contributed by atoms with Gasteiger partial charge in [-0.2, -0.15) is 0 Å². The second-order valence-corrected chi connectivity index (χ2v) is 4.78. The number of halogens is 2. The van der Waals surface area contributed by atoms with Crippen LogP contribution in [0.15, 0.2) is 22.7 Å². The molecular formula is C11H12BrFO. The van der Waals surface area contributed by atoms with Crippen molar-refractivity contribution in [2.75, 3.05) is 6.61 Å². The standard InChI is InChI=1S/C11H12BrFO/c12-9-6-8(2-3-10(9)13)11(7-14)4-1-5-11/h2-3,6,14H,1,4-5,7H2. The Balaban J connectivity index is 2.36. The summed E-state index contributed by atoms with van der Waals surface area (Å²) in [6.45, 7) is 0.158. The minimum atomic E-state index is -0.249. The Labute approximate surface area is 91.1 Å². The maximum absolute atomic E-state index is 13.0. The number of aliphatic hydroxyl groups is 1.